The molecule has 0 radical (unpaired) electrons. The molecule has 0 amide bonds. The monoisotopic (exact) mass is 400 g/mol. The van der Waals surface area contributed by atoms with E-state index in [1.54, 1.807) is 6.20 Å². The van der Waals surface area contributed by atoms with Gasteiger partial charge in [-0.15, -0.1) is 0 Å². The molecule has 30 heavy (non-hydrogen) atoms. The Morgan fingerprint density at radius 3 is 2.83 bits per heavy atom. The van der Waals surface area contributed by atoms with Crippen molar-refractivity contribution in [3.05, 3.63) is 88.2 Å². The highest BCUT2D eigenvalue weighted by molar-refractivity contribution is 5.60. The van der Waals surface area contributed by atoms with Gasteiger partial charge in [-0.3, -0.25) is 14.5 Å². The molecule has 4 heterocycles. The minimum Gasteiger partial charge on any atom is -0.367 e. The zero-order valence-corrected chi connectivity index (χ0v) is 17.2. The van der Waals surface area contributed by atoms with Gasteiger partial charge in [-0.05, 0) is 36.3 Å². The zero-order chi connectivity index (χ0) is 21.3. The van der Waals surface area contributed by atoms with E-state index in [-0.39, 0.29) is 5.56 Å². The first kappa shape index (κ1) is 19.6. The number of aryl methyl sites for hydroxylation is 1. The topological polar surface area (TPSA) is 79.7 Å². The molecule has 0 aliphatic carbocycles. The summed E-state index contributed by atoms with van der Waals surface area (Å²) in [6, 6.07) is 4.17. The van der Waals surface area contributed by atoms with Gasteiger partial charge in [0.2, 0.25) is 0 Å². The van der Waals surface area contributed by atoms with Crippen molar-refractivity contribution in [3.8, 4) is 11.3 Å². The standard InChI is InChI=1S/C23H24N6O/c1-5-17-12-25-22(27-23(17)30)10-15(2)16(3)29-9-7-20-19(14-29)11-18(13-24-20)21-6-8-26-28(21)4/h5-6,8,10-13H,1,3,7,9,14H2,2,4H3,(H,25,27,30)/b15-10-. The van der Waals surface area contributed by atoms with Crippen molar-refractivity contribution >= 4 is 12.2 Å². The van der Waals surface area contributed by atoms with E-state index in [0.29, 0.717) is 11.4 Å². The largest absolute Gasteiger partial charge is 0.367 e. The van der Waals surface area contributed by atoms with E-state index in [1.807, 2.05) is 37.0 Å². The number of nitrogens with one attached hydrogen (secondary N) is 1. The third kappa shape index (κ3) is 3.74. The van der Waals surface area contributed by atoms with Gasteiger partial charge in [-0.25, -0.2) is 4.98 Å². The average molecular weight is 400 g/mol. The van der Waals surface area contributed by atoms with Crippen LogP contribution in [0.4, 0.5) is 0 Å². The molecule has 1 aliphatic heterocycles. The summed E-state index contributed by atoms with van der Waals surface area (Å²) in [6.07, 6.45) is 9.42. The molecule has 0 aromatic carbocycles. The van der Waals surface area contributed by atoms with Gasteiger partial charge in [-0.1, -0.05) is 19.2 Å². The smallest absolute Gasteiger partial charge is 0.258 e. The number of hydrogen-bond acceptors (Lipinski definition) is 5. The molecule has 7 heteroatoms. The van der Waals surface area contributed by atoms with Gasteiger partial charge in [-0.2, -0.15) is 5.10 Å². The number of pyridine rings is 1. The number of aromatic amines is 1. The zero-order valence-electron chi connectivity index (χ0n) is 17.2. The number of fused-ring (bicyclic) bond motifs is 1. The van der Waals surface area contributed by atoms with Crippen LogP contribution in [-0.4, -0.2) is 36.2 Å². The lowest BCUT2D eigenvalue weighted by molar-refractivity contribution is 0.326. The Kier molecular flexibility index (Phi) is 5.18. The quantitative estimate of drug-likeness (QED) is 0.666. The van der Waals surface area contributed by atoms with Gasteiger partial charge in [0.25, 0.3) is 5.56 Å². The average Bonchev–Trinajstić information content (AvgIpc) is 3.18. The van der Waals surface area contributed by atoms with Crippen LogP contribution in [-0.2, 0) is 20.0 Å². The summed E-state index contributed by atoms with van der Waals surface area (Å²) in [7, 11) is 1.93. The van der Waals surface area contributed by atoms with Crippen LogP contribution >= 0.6 is 0 Å². The maximum atomic E-state index is 12.0. The first-order chi connectivity index (χ1) is 14.5. The molecule has 0 saturated heterocycles. The van der Waals surface area contributed by atoms with Crippen LogP contribution in [0, 0.1) is 0 Å². The van der Waals surface area contributed by atoms with Gasteiger partial charge in [0, 0.05) is 62.1 Å². The summed E-state index contributed by atoms with van der Waals surface area (Å²) >= 11 is 0. The second-order valence-corrected chi connectivity index (χ2v) is 7.37. The number of H-pyrrole nitrogens is 1. The van der Waals surface area contributed by atoms with Gasteiger partial charge >= 0.3 is 0 Å². The lowest BCUT2D eigenvalue weighted by atomic mass is 10.0. The van der Waals surface area contributed by atoms with E-state index in [9.17, 15) is 4.79 Å². The van der Waals surface area contributed by atoms with Crippen LogP contribution < -0.4 is 5.56 Å². The molecule has 0 saturated carbocycles. The van der Waals surface area contributed by atoms with Crippen LogP contribution in [0.1, 0.15) is 29.6 Å². The first-order valence-electron chi connectivity index (χ1n) is 9.76. The molecule has 0 unspecified atom stereocenters. The molecule has 0 fully saturated rings. The highest BCUT2D eigenvalue weighted by Gasteiger charge is 2.20. The highest BCUT2D eigenvalue weighted by Crippen LogP contribution is 2.27. The first-order valence-corrected chi connectivity index (χ1v) is 9.76. The van der Waals surface area contributed by atoms with E-state index in [2.05, 4.69) is 44.2 Å². The molecule has 0 bridgehead atoms. The summed E-state index contributed by atoms with van der Waals surface area (Å²) in [5.74, 6) is 0.502. The highest BCUT2D eigenvalue weighted by atomic mass is 16.1. The van der Waals surface area contributed by atoms with Gasteiger partial charge < -0.3 is 9.88 Å². The summed E-state index contributed by atoms with van der Waals surface area (Å²) in [5, 5.41) is 4.25. The molecule has 1 aliphatic rings. The van der Waals surface area contributed by atoms with E-state index in [1.165, 1.54) is 17.8 Å². The fraction of sp³-hybridized carbons (Fsp3) is 0.217. The third-order valence-corrected chi connectivity index (χ3v) is 5.41. The molecule has 4 rings (SSSR count). The number of hydrogen-bond donors (Lipinski definition) is 1. The Bertz CT molecular complexity index is 1220. The summed E-state index contributed by atoms with van der Waals surface area (Å²) in [4.78, 5) is 25.9. The minimum atomic E-state index is -0.203. The molecule has 1 N–H and O–H groups in total. The Balaban J connectivity index is 1.55. The maximum absolute atomic E-state index is 12.0. The van der Waals surface area contributed by atoms with E-state index < -0.39 is 0 Å². The number of rotatable bonds is 5. The Morgan fingerprint density at radius 1 is 1.30 bits per heavy atom. The molecule has 3 aromatic rings. The normalized spacial score (nSPS) is 13.8. The Hall–Kier alpha value is -3.74. The van der Waals surface area contributed by atoms with Crippen molar-refractivity contribution in [2.24, 2.45) is 7.05 Å². The summed E-state index contributed by atoms with van der Waals surface area (Å²) in [5.41, 5.74) is 6.50. The van der Waals surface area contributed by atoms with Crippen molar-refractivity contribution in [2.45, 2.75) is 19.9 Å². The Morgan fingerprint density at radius 2 is 2.13 bits per heavy atom. The molecule has 152 valence electrons. The summed E-state index contributed by atoms with van der Waals surface area (Å²) < 4.78 is 1.85. The van der Waals surface area contributed by atoms with Crippen LogP contribution in [0.25, 0.3) is 23.4 Å². The fourth-order valence-electron chi connectivity index (χ4n) is 3.63. The van der Waals surface area contributed by atoms with E-state index >= 15 is 0 Å². The molecular weight excluding hydrogens is 376 g/mol. The van der Waals surface area contributed by atoms with Crippen LogP contribution in [0.5, 0.6) is 0 Å². The van der Waals surface area contributed by atoms with Crippen molar-refractivity contribution in [3.63, 3.8) is 0 Å². The summed E-state index contributed by atoms with van der Waals surface area (Å²) in [6.45, 7) is 11.4. The van der Waals surface area contributed by atoms with Gasteiger partial charge in [0.05, 0.1) is 11.3 Å². The second kappa shape index (κ2) is 7.94. The molecule has 0 atom stereocenters. The number of allylic oxidation sites excluding steroid dienone is 1. The van der Waals surface area contributed by atoms with Gasteiger partial charge in [0.1, 0.15) is 5.82 Å². The number of aromatic nitrogens is 5. The fourth-order valence-corrected chi connectivity index (χ4v) is 3.63. The van der Waals surface area contributed by atoms with E-state index in [0.717, 1.165) is 47.7 Å². The molecular formula is C23H24N6O. The third-order valence-electron chi connectivity index (χ3n) is 5.41. The molecule has 3 aromatic heterocycles. The van der Waals surface area contributed by atoms with E-state index in [4.69, 9.17) is 0 Å². The van der Waals surface area contributed by atoms with Crippen LogP contribution in [0.15, 0.2) is 59.9 Å². The van der Waals surface area contributed by atoms with Crippen LogP contribution in [0.3, 0.4) is 0 Å². The Labute approximate surface area is 175 Å². The lowest BCUT2D eigenvalue weighted by Crippen LogP contribution is -2.30. The SMILES string of the molecule is C=Cc1cnc(/C=C(/C)C(=C)N2CCc3ncc(-c4ccnn4C)cc3C2)[nH]c1=O. The maximum Gasteiger partial charge on any atom is 0.258 e. The van der Waals surface area contributed by atoms with Crippen molar-refractivity contribution in [2.75, 3.05) is 6.54 Å². The molecule has 7 nitrogen and oxygen atoms in total. The van der Waals surface area contributed by atoms with Crippen molar-refractivity contribution in [1.29, 1.82) is 0 Å². The predicted molar refractivity (Wildman–Crippen MR) is 118 cm³/mol. The minimum absolute atomic E-state index is 0.203. The van der Waals surface area contributed by atoms with Crippen molar-refractivity contribution < 1.29 is 0 Å². The lowest BCUT2D eigenvalue weighted by Gasteiger charge is -2.32. The van der Waals surface area contributed by atoms with Crippen molar-refractivity contribution in [1.82, 2.24) is 29.6 Å². The van der Waals surface area contributed by atoms with Gasteiger partial charge in [0.15, 0.2) is 0 Å². The number of nitrogens with zero attached hydrogens (tertiary/aromatic N) is 5. The van der Waals surface area contributed by atoms with Crippen LogP contribution in [0.2, 0.25) is 0 Å². The second-order valence-electron chi connectivity index (χ2n) is 7.37. The predicted octanol–water partition coefficient (Wildman–Crippen LogP) is 3.18. The molecule has 0 spiro atoms.